The van der Waals surface area contributed by atoms with E-state index in [1.807, 2.05) is 0 Å². The van der Waals surface area contributed by atoms with E-state index in [0.717, 1.165) is 35.9 Å². The van der Waals surface area contributed by atoms with Crippen LogP contribution in [0.4, 0.5) is 4.79 Å². The van der Waals surface area contributed by atoms with Gasteiger partial charge in [-0.2, -0.15) is 0 Å². The zero-order chi connectivity index (χ0) is 24.0. The van der Waals surface area contributed by atoms with Crippen molar-refractivity contribution in [1.29, 1.82) is 0 Å². The zero-order valence-corrected chi connectivity index (χ0v) is 20.0. The first-order chi connectivity index (χ1) is 15.8. The van der Waals surface area contributed by atoms with Gasteiger partial charge in [0.2, 0.25) is 5.91 Å². The number of hydrogen-bond donors (Lipinski definition) is 0. The number of benzene rings is 1. The van der Waals surface area contributed by atoms with Crippen LogP contribution in [0.5, 0.6) is 11.5 Å². The molecule has 0 aromatic heterocycles. The molecule has 0 saturated carbocycles. The normalized spacial score (nSPS) is 17.5. The Morgan fingerprint density at radius 1 is 1.15 bits per heavy atom. The molecule has 0 bridgehead atoms. The Kier molecular flexibility index (Phi) is 8.62. The molecule has 2 saturated heterocycles. The number of carbonyl (C=O) groups excluding carboxylic acids is 4. The van der Waals surface area contributed by atoms with Gasteiger partial charge >= 0.3 is 5.97 Å². The first-order valence-corrected chi connectivity index (χ1v) is 11.7. The minimum Gasteiger partial charge on any atom is -0.490 e. The highest BCUT2D eigenvalue weighted by Crippen LogP contribution is 2.39. The lowest BCUT2D eigenvalue weighted by Crippen LogP contribution is -2.44. The first-order valence-electron chi connectivity index (χ1n) is 10.5. The number of halogens is 1. The zero-order valence-electron chi connectivity index (χ0n) is 18.4. The molecule has 9 nitrogen and oxygen atoms in total. The van der Waals surface area contributed by atoms with E-state index >= 15 is 0 Å². The van der Waals surface area contributed by atoms with Gasteiger partial charge in [0, 0.05) is 13.1 Å². The molecule has 1 aromatic rings. The van der Waals surface area contributed by atoms with E-state index in [2.05, 4.69) is 4.74 Å². The summed E-state index contributed by atoms with van der Waals surface area (Å²) in [6.07, 6.45) is 4.44. The number of imide groups is 1. The maximum Gasteiger partial charge on any atom is 0.343 e. The molecule has 2 aliphatic rings. The molecule has 3 amide bonds. The first kappa shape index (κ1) is 24.9. The number of hydrogen-bond acceptors (Lipinski definition) is 8. The highest BCUT2D eigenvalue weighted by atomic mass is 35.5. The van der Waals surface area contributed by atoms with E-state index in [9.17, 15) is 19.2 Å². The van der Waals surface area contributed by atoms with Crippen LogP contribution in [0.1, 0.15) is 31.7 Å². The van der Waals surface area contributed by atoms with Crippen molar-refractivity contribution in [3.05, 3.63) is 27.6 Å². The van der Waals surface area contributed by atoms with Crippen molar-refractivity contribution < 1.29 is 33.4 Å². The summed E-state index contributed by atoms with van der Waals surface area (Å²) in [7, 11) is 1.24. The Balaban J connectivity index is 1.77. The summed E-state index contributed by atoms with van der Waals surface area (Å²) in [5.74, 6) is -0.895. The van der Waals surface area contributed by atoms with Gasteiger partial charge in [-0.1, -0.05) is 11.6 Å². The number of nitrogens with zero attached hydrogens (tertiary/aromatic N) is 2. The van der Waals surface area contributed by atoms with Gasteiger partial charge in [-0.05, 0) is 61.7 Å². The van der Waals surface area contributed by atoms with Crippen LogP contribution in [0.2, 0.25) is 5.02 Å². The van der Waals surface area contributed by atoms with Crippen LogP contribution >= 0.6 is 23.4 Å². The van der Waals surface area contributed by atoms with E-state index in [1.165, 1.54) is 19.3 Å². The Labute approximate surface area is 201 Å². The van der Waals surface area contributed by atoms with Crippen molar-refractivity contribution in [3.8, 4) is 11.5 Å². The number of likely N-dealkylation sites (tertiary alicyclic amines) is 1. The van der Waals surface area contributed by atoms with Crippen molar-refractivity contribution in [2.75, 3.05) is 40.0 Å². The number of carbonyl (C=O) groups is 4. The van der Waals surface area contributed by atoms with Gasteiger partial charge in [-0.15, -0.1) is 0 Å². The smallest absolute Gasteiger partial charge is 0.343 e. The highest BCUT2D eigenvalue weighted by molar-refractivity contribution is 8.18. The maximum absolute atomic E-state index is 12.8. The molecule has 0 radical (unpaired) electrons. The lowest BCUT2D eigenvalue weighted by Gasteiger charge is -2.27. The van der Waals surface area contributed by atoms with Crippen LogP contribution in [0.15, 0.2) is 17.0 Å². The van der Waals surface area contributed by atoms with Crippen molar-refractivity contribution in [2.24, 2.45) is 0 Å². The van der Waals surface area contributed by atoms with Crippen LogP contribution in [-0.4, -0.2) is 72.8 Å². The minimum absolute atomic E-state index is 0.163. The fourth-order valence-corrected chi connectivity index (χ4v) is 4.54. The Morgan fingerprint density at radius 3 is 2.55 bits per heavy atom. The molecule has 2 fully saturated rings. The average Bonchev–Trinajstić information content (AvgIpc) is 3.06. The fourth-order valence-electron chi connectivity index (χ4n) is 3.43. The molecule has 3 rings (SSSR count). The van der Waals surface area contributed by atoms with E-state index in [0.29, 0.717) is 25.3 Å². The second-order valence-electron chi connectivity index (χ2n) is 7.34. The predicted molar refractivity (Wildman–Crippen MR) is 123 cm³/mol. The van der Waals surface area contributed by atoms with Crippen LogP contribution in [0, 0.1) is 0 Å². The lowest BCUT2D eigenvalue weighted by atomic mass is 10.1. The second-order valence-corrected chi connectivity index (χ2v) is 8.74. The van der Waals surface area contributed by atoms with Gasteiger partial charge in [0.25, 0.3) is 11.1 Å². The molecule has 0 aliphatic carbocycles. The molecule has 0 N–H and O–H groups in total. The fraction of sp³-hybridized carbons (Fsp3) is 0.455. The molecule has 33 heavy (non-hydrogen) atoms. The van der Waals surface area contributed by atoms with E-state index in [4.69, 9.17) is 21.1 Å². The SMILES string of the molecule is CCOc1cc(/C=C2\SC(=O)N(CC(=O)N3CCCCC3)C2=O)cc(Cl)c1OCC(=O)OC. The Bertz CT molecular complexity index is 976. The minimum atomic E-state index is -0.578. The summed E-state index contributed by atoms with van der Waals surface area (Å²) in [6, 6.07) is 3.12. The largest absolute Gasteiger partial charge is 0.490 e. The van der Waals surface area contributed by atoms with Crippen molar-refractivity contribution in [1.82, 2.24) is 9.80 Å². The van der Waals surface area contributed by atoms with E-state index < -0.39 is 17.1 Å². The summed E-state index contributed by atoms with van der Waals surface area (Å²) in [5, 5.41) is -0.332. The molecular formula is C22H25ClN2O7S. The molecule has 178 valence electrons. The quantitative estimate of drug-likeness (QED) is 0.399. The van der Waals surface area contributed by atoms with E-state index in [-0.39, 0.29) is 40.5 Å². The second kappa shape index (κ2) is 11.4. The topological polar surface area (TPSA) is 102 Å². The number of amides is 3. The Hall–Kier alpha value is -2.72. The lowest BCUT2D eigenvalue weighted by molar-refractivity contribution is -0.143. The van der Waals surface area contributed by atoms with Crippen LogP contribution in [0.3, 0.4) is 0 Å². The molecule has 0 atom stereocenters. The molecule has 0 spiro atoms. The third-order valence-electron chi connectivity index (χ3n) is 5.07. The van der Waals surface area contributed by atoms with Gasteiger partial charge in [0.05, 0.1) is 23.6 Å². The summed E-state index contributed by atoms with van der Waals surface area (Å²) in [4.78, 5) is 52.0. The number of rotatable bonds is 8. The summed E-state index contributed by atoms with van der Waals surface area (Å²) >= 11 is 7.09. The molecule has 1 aromatic carbocycles. The summed E-state index contributed by atoms with van der Waals surface area (Å²) in [6.45, 7) is 2.76. The third kappa shape index (κ3) is 6.20. The molecule has 0 unspecified atom stereocenters. The van der Waals surface area contributed by atoms with Crippen molar-refractivity contribution >= 4 is 52.5 Å². The monoisotopic (exact) mass is 496 g/mol. The maximum atomic E-state index is 12.8. The standard InChI is InChI=1S/C22H25ClN2O7S/c1-3-31-16-10-14(9-15(23)20(16)32-13-19(27)30-2)11-17-21(28)25(22(29)33-17)12-18(26)24-7-5-4-6-8-24/h9-11H,3-8,12-13H2,1-2H3/b17-11-. The average molecular weight is 497 g/mol. The third-order valence-corrected chi connectivity index (χ3v) is 6.26. The van der Waals surface area contributed by atoms with E-state index in [1.54, 1.807) is 17.9 Å². The Morgan fingerprint density at radius 2 is 1.88 bits per heavy atom. The summed E-state index contributed by atoms with van der Waals surface area (Å²) < 4.78 is 15.6. The number of thioether (sulfide) groups is 1. The molecule has 11 heteroatoms. The van der Waals surface area contributed by atoms with Gasteiger partial charge in [0.1, 0.15) is 6.54 Å². The molecule has 2 heterocycles. The summed E-state index contributed by atoms with van der Waals surface area (Å²) in [5.41, 5.74) is 0.502. The number of piperidine rings is 1. The van der Waals surface area contributed by atoms with Crippen LogP contribution in [0.25, 0.3) is 6.08 Å². The van der Waals surface area contributed by atoms with Gasteiger partial charge < -0.3 is 19.1 Å². The number of methoxy groups -OCH3 is 1. The molecular weight excluding hydrogens is 472 g/mol. The van der Waals surface area contributed by atoms with Gasteiger partial charge in [0.15, 0.2) is 18.1 Å². The number of esters is 1. The van der Waals surface area contributed by atoms with Crippen LogP contribution in [-0.2, 0) is 19.1 Å². The van der Waals surface area contributed by atoms with Crippen LogP contribution < -0.4 is 9.47 Å². The number of ether oxygens (including phenoxy) is 3. The van der Waals surface area contributed by atoms with Crippen molar-refractivity contribution in [3.63, 3.8) is 0 Å². The van der Waals surface area contributed by atoms with Gasteiger partial charge in [-0.3, -0.25) is 19.3 Å². The van der Waals surface area contributed by atoms with Crippen molar-refractivity contribution in [2.45, 2.75) is 26.2 Å². The predicted octanol–water partition coefficient (Wildman–Crippen LogP) is 3.34. The van der Waals surface area contributed by atoms with Gasteiger partial charge in [-0.25, -0.2) is 4.79 Å². The molecule has 2 aliphatic heterocycles. The highest BCUT2D eigenvalue weighted by Gasteiger charge is 2.37.